The third-order valence-corrected chi connectivity index (χ3v) is 4.41. The second-order valence-corrected chi connectivity index (χ2v) is 7.01. The van der Waals surface area contributed by atoms with Gasteiger partial charge in [0.25, 0.3) is 0 Å². The van der Waals surface area contributed by atoms with Gasteiger partial charge in [-0.25, -0.2) is 0 Å². The van der Waals surface area contributed by atoms with Crippen LogP contribution in [0.2, 0.25) is 0 Å². The molecule has 0 aromatic rings. The molecule has 0 amide bonds. The highest BCUT2D eigenvalue weighted by molar-refractivity contribution is 7.99. The van der Waals surface area contributed by atoms with Crippen LogP contribution in [0.4, 0.5) is 0 Å². The van der Waals surface area contributed by atoms with Gasteiger partial charge in [0.15, 0.2) is 0 Å². The van der Waals surface area contributed by atoms with E-state index >= 15 is 0 Å². The number of rotatable bonds is 11. The number of thioether (sulfide) groups is 2. The van der Waals surface area contributed by atoms with Crippen LogP contribution in [-0.2, 0) is 0 Å². The van der Waals surface area contributed by atoms with E-state index in [1.165, 1.54) is 49.4 Å². The minimum atomic E-state index is 0.794. The highest BCUT2D eigenvalue weighted by Crippen LogP contribution is 2.13. The Balaban J connectivity index is 2.87. The summed E-state index contributed by atoms with van der Waals surface area (Å²) in [5.74, 6) is 4.02. The molecule has 0 nitrogen and oxygen atoms in total. The van der Waals surface area contributed by atoms with Gasteiger partial charge in [-0.2, -0.15) is 23.5 Å². The molecule has 0 saturated heterocycles. The molecule has 0 unspecified atom stereocenters. The van der Waals surface area contributed by atoms with Crippen molar-refractivity contribution in [3.05, 3.63) is 6.42 Å². The van der Waals surface area contributed by atoms with E-state index in [1.54, 1.807) is 0 Å². The van der Waals surface area contributed by atoms with E-state index in [0.717, 1.165) is 5.25 Å². The Kier molecular flexibility index (Phi) is 13.4. The van der Waals surface area contributed by atoms with E-state index in [-0.39, 0.29) is 0 Å². The van der Waals surface area contributed by atoms with E-state index in [1.807, 2.05) is 0 Å². The third-order valence-electron chi connectivity index (χ3n) is 2.11. The molecule has 0 atom stereocenters. The Morgan fingerprint density at radius 2 is 1.73 bits per heavy atom. The molecule has 15 heavy (non-hydrogen) atoms. The van der Waals surface area contributed by atoms with Crippen molar-refractivity contribution in [3.8, 4) is 0 Å². The van der Waals surface area contributed by atoms with Gasteiger partial charge >= 0.3 is 0 Å². The van der Waals surface area contributed by atoms with E-state index in [2.05, 4.69) is 50.7 Å². The number of hydrogen-bond donors (Lipinski definition) is 0. The average molecular weight is 247 g/mol. The van der Waals surface area contributed by atoms with Crippen LogP contribution >= 0.6 is 23.5 Å². The van der Waals surface area contributed by atoms with Crippen molar-refractivity contribution in [2.24, 2.45) is 0 Å². The topological polar surface area (TPSA) is 0 Å². The van der Waals surface area contributed by atoms with Crippen molar-refractivity contribution in [1.29, 1.82) is 0 Å². The molecule has 91 valence electrons. The largest absolute Gasteiger partial charge is 0.162 e. The van der Waals surface area contributed by atoms with Gasteiger partial charge in [-0.05, 0) is 54.6 Å². The summed E-state index contributed by atoms with van der Waals surface area (Å²) in [4.78, 5) is 0. The van der Waals surface area contributed by atoms with Gasteiger partial charge in [0.2, 0.25) is 0 Å². The molecule has 0 heterocycles. The summed E-state index contributed by atoms with van der Waals surface area (Å²) in [5, 5.41) is 0.794. The van der Waals surface area contributed by atoms with Crippen LogP contribution in [0.5, 0.6) is 0 Å². The fourth-order valence-electron chi connectivity index (χ4n) is 1.21. The maximum atomic E-state index is 2.47. The summed E-state index contributed by atoms with van der Waals surface area (Å²) >= 11 is 4.19. The smallest absolute Gasteiger partial charge is 0.000968 e. The average Bonchev–Trinajstić information content (AvgIpc) is 2.20. The SMILES string of the molecule is CCCCSCCC[CH]CCSC(C)C. The predicted molar refractivity (Wildman–Crippen MR) is 78.0 cm³/mol. The molecular formula is C13H27S2. The van der Waals surface area contributed by atoms with Crippen LogP contribution in [0.3, 0.4) is 0 Å². The van der Waals surface area contributed by atoms with Crippen LogP contribution in [0, 0.1) is 6.42 Å². The molecule has 1 radical (unpaired) electrons. The summed E-state index contributed by atoms with van der Waals surface area (Å²) in [6.45, 7) is 6.81. The fraction of sp³-hybridized carbons (Fsp3) is 0.923. The van der Waals surface area contributed by atoms with Crippen molar-refractivity contribution < 1.29 is 0 Å². The standard InChI is InChI=1S/C13H27S2/c1-4-5-10-14-11-8-6-7-9-12-15-13(2)3/h7,13H,4-6,8-12H2,1-3H3. The van der Waals surface area contributed by atoms with Crippen LogP contribution in [0.1, 0.15) is 52.9 Å². The summed E-state index contributed by atoms with van der Waals surface area (Å²) in [6, 6.07) is 0. The van der Waals surface area contributed by atoms with Crippen LogP contribution < -0.4 is 0 Å². The first-order chi connectivity index (χ1) is 7.27. The predicted octanol–water partition coefficient (Wildman–Crippen LogP) is 5.04. The van der Waals surface area contributed by atoms with Crippen molar-refractivity contribution >= 4 is 23.5 Å². The van der Waals surface area contributed by atoms with Crippen molar-refractivity contribution in [2.75, 3.05) is 17.3 Å². The third kappa shape index (κ3) is 14.7. The van der Waals surface area contributed by atoms with E-state index in [9.17, 15) is 0 Å². The Labute approximate surface area is 105 Å². The Bertz CT molecular complexity index is 113. The zero-order chi connectivity index (χ0) is 11.4. The first-order valence-corrected chi connectivity index (χ1v) is 8.48. The fourth-order valence-corrected chi connectivity index (χ4v) is 3.05. The lowest BCUT2D eigenvalue weighted by atomic mass is 10.2. The van der Waals surface area contributed by atoms with Gasteiger partial charge in [-0.1, -0.05) is 27.2 Å². The number of hydrogen-bond acceptors (Lipinski definition) is 2. The molecule has 0 fully saturated rings. The maximum Gasteiger partial charge on any atom is -0.000968 e. The summed E-state index contributed by atoms with van der Waals surface area (Å²) in [7, 11) is 0. The minimum Gasteiger partial charge on any atom is -0.162 e. The van der Waals surface area contributed by atoms with E-state index in [4.69, 9.17) is 0 Å². The molecule has 0 spiro atoms. The molecule has 2 heteroatoms. The summed E-state index contributed by atoms with van der Waals surface area (Å²) in [5.41, 5.74) is 0. The van der Waals surface area contributed by atoms with E-state index in [0.29, 0.717) is 0 Å². The highest BCUT2D eigenvalue weighted by atomic mass is 32.2. The quantitative estimate of drug-likeness (QED) is 0.469. The highest BCUT2D eigenvalue weighted by Gasteiger charge is 1.95. The van der Waals surface area contributed by atoms with Gasteiger partial charge < -0.3 is 0 Å². The lowest BCUT2D eigenvalue weighted by Gasteiger charge is -2.04. The van der Waals surface area contributed by atoms with Gasteiger partial charge in [0.1, 0.15) is 0 Å². The molecule has 0 aromatic heterocycles. The van der Waals surface area contributed by atoms with Gasteiger partial charge in [0.05, 0.1) is 0 Å². The second-order valence-electron chi connectivity index (χ2n) is 4.11. The van der Waals surface area contributed by atoms with Gasteiger partial charge in [-0.3, -0.25) is 0 Å². The molecule has 0 aliphatic heterocycles. The Morgan fingerprint density at radius 1 is 1.00 bits per heavy atom. The molecule has 0 rings (SSSR count). The monoisotopic (exact) mass is 247 g/mol. The normalized spacial score (nSPS) is 11.2. The first kappa shape index (κ1) is 15.7. The molecule has 0 aliphatic carbocycles. The van der Waals surface area contributed by atoms with E-state index < -0.39 is 0 Å². The minimum absolute atomic E-state index is 0.794. The number of unbranched alkanes of at least 4 members (excludes halogenated alkanes) is 4. The van der Waals surface area contributed by atoms with Gasteiger partial charge in [-0.15, -0.1) is 0 Å². The maximum absolute atomic E-state index is 2.47. The zero-order valence-electron chi connectivity index (χ0n) is 10.6. The molecule has 0 saturated carbocycles. The Hall–Kier alpha value is 0.700. The molecule has 0 bridgehead atoms. The van der Waals surface area contributed by atoms with Crippen LogP contribution in [0.15, 0.2) is 0 Å². The Morgan fingerprint density at radius 3 is 2.40 bits per heavy atom. The van der Waals surface area contributed by atoms with Crippen molar-refractivity contribution in [3.63, 3.8) is 0 Å². The zero-order valence-corrected chi connectivity index (χ0v) is 12.3. The summed E-state index contributed by atoms with van der Waals surface area (Å²) in [6.07, 6.45) is 9.18. The first-order valence-electron chi connectivity index (χ1n) is 6.28. The lowest BCUT2D eigenvalue weighted by Crippen LogP contribution is -1.91. The summed E-state index contributed by atoms with van der Waals surface area (Å²) < 4.78 is 0. The molecular weight excluding hydrogens is 220 g/mol. The molecule has 0 aliphatic rings. The van der Waals surface area contributed by atoms with Crippen LogP contribution in [-0.4, -0.2) is 22.5 Å². The molecule has 0 N–H and O–H groups in total. The van der Waals surface area contributed by atoms with Crippen molar-refractivity contribution in [2.45, 2.75) is 58.1 Å². The lowest BCUT2D eigenvalue weighted by molar-refractivity contribution is 0.857. The molecule has 0 aromatic carbocycles. The van der Waals surface area contributed by atoms with Crippen LogP contribution in [0.25, 0.3) is 0 Å². The second kappa shape index (κ2) is 12.8. The van der Waals surface area contributed by atoms with Gasteiger partial charge in [0, 0.05) is 0 Å². The van der Waals surface area contributed by atoms with Crippen molar-refractivity contribution in [1.82, 2.24) is 0 Å².